The van der Waals surface area contributed by atoms with Crippen LogP contribution >= 0.6 is 0 Å². The van der Waals surface area contributed by atoms with Gasteiger partial charge in [0.15, 0.2) is 0 Å². The maximum atomic E-state index is 5.93. The van der Waals surface area contributed by atoms with Crippen molar-refractivity contribution < 1.29 is 4.42 Å². The lowest BCUT2D eigenvalue weighted by atomic mass is 10.2. The molecule has 0 spiro atoms. The number of aromatic nitrogens is 2. The summed E-state index contributed by atoms with van der Waals surface area (Å²) in [5.41, 5.74) is 0. The molecule has 2 aliphatic heterocycles. The van der Waals surface area contributed by atoms with Gasteiger partial charge >= 0.3 is 0 Å². The quantitative estimate of drug-likeness (QED) is 0.870. The summed E-state index contributed by atoms with van der Waals surface area (Å²) in [7, 11) is 0. The Morgan fingerprint density at radius 2 is 1.84 bits per heavy atom. The smallest absolute Gasteiger partial charge is 0.134 e. The first kappa shape index (κ1) is 16.4. The number of nitrogens with one attached hydrogen (secondary N) is 1. The molecule has 0 amide bonds. The lowest BCUT2D eigenvalue weighted by molar-refractivity contribution is 0.223. The van der Waals surface area contributed by atoms with Gasteiger partial charge in [0, 0.05) is 25.7 Å². The van der Waals surface area contributed by atoms with Crippen LogP contribution in [0.25, 0.3) is 0 Å². The van der Waals surface area contributed by atoms with Crippen LogP contribution in [0.1, 0.15) is 43.2 Å². The Hall–Kier alpha value is -2.08. The van der Waals surface area contributed by atoms with Gasteiger partial charge in [0.1, 0.15) is 29.5 Å². The molecule has 0 radical (unpaired) electrons. The molecule has 4 heterocycles. The molecule has 0 aliphatic carbocycles. The van der Waals surface area contributed by atoms with Gasteiger partial charge in [0.05, 0.1) is 6.04 Å². The first-order valence-electron chi connectivity index (χ1n) is 9.41. The van der Waals surface area contributed by atoms with Gasteiger partial charge in [-0.05, 0) is 57.8 Å². The fourth-order valence-electron chi connectivity index (χ4n) is 3.86. The van der Waals surface area contributed by atoms with E-state index in [2.05, 4.69) is 43.3 Å². The van der Waals surface area contributed by atoms with E-state index in [1.807, 2.05) is 6.92 Å². The average Bonchev–Trinajstić information content (AvgIpc) is 3.39. The number of rotatable bonds is 6. The van der Waals surface area contributed by atoms with Gasteiger partial charge in [-0.3, -0.25) is 4.90 Å². The van der Waals surface area contributed by atoms with Gasteiger partial charge in [0.25, 0.3) is 0 Å². The highest BCUT2D eigenvalue weighted by molar-refractivity contribution is 5.49. The molecule has 1 unspecified atom stereocenters. The average molecular weight is 341 g/mol. The van der Waals surface area contributed by atoms with E-state index in [4.69, 9.17) is 4.42 Å². The number of furan rings is 1. The molecule has 2 aliphatic rings. The van der Waals surface area contributed by atoms with E-state index in [0.717, 1.165) is 55.9 Å². The summed E-state index contributed by atoms with van der Waals surface area (Å²) in [5.74, 6) is 3.93. The highest BCUT2D eigenvalue weighted by atomic mass is 16.3. The zero-order valence-corrected chi connectivity index (χ0v) is 14.9. The summed E-state index contributed by atoms with van der Waals surface area (Å²) in [6.07, 6.45) is 6.70. The van der Waals surface area contributed by atoms with Crippen molar-refractivity contribution in [1.82, 2.24) is 14.9 Å². The molecule has 2 aromatic rings. The van der Waals surface area contributed by atoms with Crippen LogP contribution in [-0.2, 0) is 0 Å². The van der Waals surface area contributed by atoms with Crippen molar-refractivity contribution in [3.63, 3.8) is 0 Å². The molecule has 2 saturated heterocycles. The minimum Gasteiger partial charge on any atom is -0.465 e. The summed E-state index contributed by atoms with van der Waals surface area (Å²) >= 11 is 0. The molecule has 2 aromatic heterocycles. The van der Waals surface area contributed by atoms with Crippen LogP contribution < -0.4 is 10.2 Å². The number of nitrogens with zero attached hydrogens (tertiary/aromatic N) is 4. The fourth-order valence-corrected chi connectivity index (χ4v) is 3.86. The zero-order valence-electron chi connectivity index (χ0n) is 14.9. The molecule has 0 bridgehead atoms. The number of hydrogen-bond donors (Lipinski definition) is 1. The minimum atomic E-state index is 0.251. The van der Waals surface area contributed by atoms with Crippen molar-refractivity contribution in [2.75, 3.05) is 42.9 Å². The molecule has 25 heavy (non-hydrogen) atoms. The van der Waals surface area contributed by atoms with Crippen LogP contribution in [0.2, 0.25) is 0 Å². The predicted molar refractivity (Wildman–Crippen MR) is 99.0 cm³/mol. The molecule has 0 saturated carbocycles. The van der Waals surface area contributed by atoms with Gasteiger partial charge in [-0.15, -0.1) is 0 Å². The Balaban J connectivity index is 1.46. The third-order valence-electron chi connectivity index (χ3n) is 5.23. The van der Waals surface area contributed by atoms with Crippen molar-refractivity contribution >= 4 is 11.6 Å². The van der Waals surface area contributed by atoms with Gasteiger partial charge in [-0.2, -0.15) is 0 Å². The summed E-state index contributed by atoms with van der Waals surface area (Å²) in [6.45, 7) is 7.26. The van der Waals surface area contributed by atoms with Gasteiger partial charge in [-0.1, -0.05) is 0 Å². The molecule has 1 N–H and O–H groups in total. The fraction of sp³-hybridized carbons (Fsp3) is 0.579. The molecule has 2 fully saturated rings. The topological polar surface area (TPSA) is 57.4 Å². The SMILES string of the molecule is Cc1ccc(C(CNc2cc(N3CCCC3)ncn2)N2CCCC2)o1. The zero-order chi connectivity index (χ0) is 17.1. The van der Waals surface area contributed by atoms with Crippen LogP contribution in [0, 0.1) is 6.92 Å². The highest BCUT2D eigenvalue weighted by Gasteiger charge is 2.26. The third-order valence-corrected chi connectivity index (χ3v) is 5.23. The van der Waals surface area contributed by atoms with E-state index in [1.165, 1.54) is 25.7 Å². The predicted octanol–water partition coefficient (Wildman–Crippen LogP) is 3.23. The summed E-state index contributed by atoms with van der Waals surface area (Å²) in [6, 6.07) is 6.48. The second-order valence-corrected chi connectivity index (χ2v) is 7.04. The lowest BCUT2D eigenvalue weighted by Gasteiger charge is -2.26. The molecule has 6 heteroatoms. The van der Waals surface area contributed by atoms with E-state index in [0.29, 0.717) is 0 Å². The van der Waals surface area contributed by atoms with E-state index >= 15 is 0 Å². The van der Waals surface area contributed by atoms with Gasteiger partial charge in [0.2, 0.25) is 0 Å². The van der Waals surface area contributed by atoms with E-state index in [-0.39, 0.29) is 6.04 Å². The third kappa shape index (κ3) is 3.79. The monoisotopic (exact) mass is 341 g/mol. The second-order valence-electron chi connectivity index (χ2n) is 7.04. The van der Waals surface area contributed by atoms with Crippen molar-refractivity contribution in [2.24, 2.45) is 0 Å². The van der Waals surface area contributed by atoms with Crippen molar-refractivity contribution in [2.45, 2.75) is 38.6 Å². The Bertz CT molecular complexity index is 689. The lowest BCUT2D eigenvalue weighted by Crippen LogP contribution is -2.31. The second kappa shape index (κ2) is 7.44. The van der Waals surface area contributed by atoms with Crippen molar-refractivity contribution in [3.8, 4) is 0 Å². The Morgan fingerprint density at radius 1 is 1.08 bits per heavy atom. The highest BCUT2D eigenvalue weighted by Crippen LogP contribution is 2.27. The molecular formula is C19H27N5O. The molecule has 134 valence electrons. The van der Waals surface area contributed by atoms with Crippen molar-refractivity contribution in [1.29, 1.82) is 0 Å². The molecule has 6 nitrogen and oxygen atoms in total. The normalized spacial score (nSPS) is 19.5. The molecular weight excluding hydrogens is 314 g/mol. The van der Waals surface area contributed by atoms with Gasteiger partial charge in [-0.25, -0.2) is 9.97 Å². The summed E-state index contributed by atoms with van der Waals surface area (Å²) in [4.78, 5) is 13.7. The Morgan fingerprint density at radius 3 is 2.56 bits per heavy atom. The van der Waals surface area contributed by atoms with E-state index in [9.17, 15) is 0 Å². The Labute approximate surface area is 149 Å². The largest absolute Gasteiger partial charge is 0.465 e. The van der Waals surface area contributed by atoms with E-state index in [1.54, 1.807) is 6.33 Å². The number of hydrogen-bond acceptors (Lipinski definition) is 6. The summed E-state index contributed by atoms with van der Waals surface area (Å²) < 4.78 is 5.93. The maximum absolute atomic E-state index is 5.93. The number of anilines is 2. The first-order valence-corrected chi connectivity index (χ1v) is 9.41. The van der Waals surface area contributed by atoms with Crippen LogP contribution in [0.3, 0.4) is 0 Å². The van der Waals surface area contributed by atoms with Crippen LogP contribution in [-0.4, -0.2) is 47.6 Å². The van der Waals surface area contributed by atoms with Crippen LogP contribution in [0.5, 0.6) is 0 Å². The Kier molecular flexibility index (Phi) is 4.88. The standard InChI is InChI=1S/C19H27N5O/c1-15-6-7-17(25-15)16(23-8-2-3-9-23)13-20-18-12-19(22-14-21-18)24-10-4-5-11-24/h6-7,12,14,16H,2-5,8-11,13H2,1H3,(H,20,21,22). The van der Waals surface area contributed by atoms with E-state index < -0.39 is 0 Å². The van der Waals surface area contributed by atoms with Crippen LogP contribution in [0.4, 0.5) is 11.6 Å². The minimum absolute atomic E-state index is 0.251. The molecule has 0 aromatic carbocycles. The van der Waals surface area contributed by atoms with Crippen molar-refractivity contribution in [3.05, 3.63) is 36.0 Å². The van der Waals surface area contributed by atoms with Gasteiger partial charge < -0.3 is 14.6 Å². The maximum Gasteiger partial charge on any atom is 0.134 e. The number of aryl methyl sites for hydroxylation is 1. The molecule has 1 atom stereocenters. The molecule has 4 rings (SSSR count). The number of likely N-dealkylation sites (tertiary alicyclic amines) is 1. The summed E-state index contributed by atoms with van der Waals surface area (Å²) in [5, 5.41) is 3.51. The van der Waals surface area contributed by atoms with Crippen LogP contribution in [0.15, 0.2) is 28.9 Å². The first-order chi connectivity index (χ1) is 12.3.